The van der Waals surface area contributed by atoms with Crippen LogP contribution in [0.1, 0.15) is 15.2 Å². The van der Waals surface area contributed by atoms with Gasteiger partial charge in [0.15, 0.2) is 0 Å². The van der Waals surface area contributed by atoms with Gasteiger partial charge >= 0.3 is 12.0 Å². The molecule has 0 radical (unpaired) electrons. The number of carbonyl (C=O) groups excluding carboxylic acids is 2. The molecule has 1 aromatic heterocycles. The number of nitrogens with two attached hydrogens (primary N) is 1. The van der Waals surface area contributed by atoms with Crippen LogP contribution in [0.4, 0.5) is 4.79 Å². The molecule has 0 aliphatic rings. The van der Waals surface area contributed by atoms with Crippen molar-refractivity contribution in [3.05, 3.63) is 76.1 Å². The summed E-state index contributed by atoms with van der Waals surface area (Å²) in [5.41, 5.74) is 7.73. The van der Waals surface area contributed by atoms with E-state index >= 15 is 0 Å². The first-order valence-electron chi connectivity index (χ1n) is 8.54. The molecule has 0 saturated carbocycles. The van der Waals surface area contributed by atoms with Gasteiger partial charge in [0.1, 0.15) is 10.6 Å². The van der Waals surface area contributed by atoms with Crippen molar-refractivity contribution < 1.29 is 14.3 Å². The van der Waals surface area contributed by atoms with Gasteiger partial charge < -0.3 is 10.5 Å². The molecule has 0 aliphatic heterocycles. The Labute approximate surface area is 174 Å². The summed E-state index contributed by atoms with van der Waals surface area (Å²) in [4.78, 5) is 24.1. The molecule has 1 heterocycles. The molecule has 144 valence electrons. The fourth-order valence-electron chi connectivity index (χ4n) is 2.95. The number of nitrogens with zero attached hydrogens (tertiary/aromatic N) is 1. The Hall–Kier alpha value is -3.42. The number of benzene rings is 3. The molecule has 0 aliphatic carbocycles. The van der Waals surface area contributed by atoms with Gasteiger partial charge in [0.2, 0.25) is 0 Å². The zero-order valence-corrected chi connectivity index (χ0v) is 16.5. The molecular formula is C21H14ClN3O3S. The molecule has 3 aromatic carbocycles. The predicted octanol–water partition coefficient (Wildman–Crippen LogP) is 4.93. The first-order valence-corrected chi connectivity index (χ1v) is 9.73. The minimum absolute atomic E-state index is 0.289. The fourth-order valence-corrected chi connectivity index (χ4v) is 4.33. The third-order valence-electron chi connectivity index (χ3n) is 4.22. The van der Waals surface area contributed by atoms with E-state index in [0.717, 1.165) is 20.9 Å². The van der Waals surface area contributed by atoms with Crippen LogP contribution in [0.2, 0.25) is 5.02 Å². The topological polar surface area (TPSA) is 93.8 Å². The van der Waals surface area contributed by atoms with Gasteiger partial charge in [-0.05, 0) is 22.9 Å². The minimum Gasteiger partial charge on any atom is -0.422 e. The summed E-state index contributed by atoms with van der Waals surface area (Å²) in [5, 5.41) is 6.71. The van der Waals surface area contributed by atoms with Crippen LogP contribution in [-0.2, 0) is 0 Å². The third kappa shape index (κ3) is 3.78. The van der Waals surface area contributed by atoms with Gasteiger partial charge in [0.25, 0.3) is 0 Å². The van der Waals surface area contributed by atoms with E-state index < -0.39 is 12.0 Å². The standard InChI is InChI=1S/C21H14ClN3O3S/c22-18-14-7-3-4-8-17(14)29-19(18)20(26)28-16-10-9-12-5-1-2-6-13(12)15(16)11-24-25-21(23)27/h1-11H,(H3,23,25,27)/b24-11-. The SMILES string of the molecule is NC(=O)N/N=C\c1c(OC(=O)c2sc3ccccc3c2Cl)ccc2ccccc12. The van der Waals surface area contributed by atoms with Gasteiger partial charge in [-0.1, -0.05) is 60.1 Å². The number of ether oxygens (including phenoxy) is 1. The minimum atomic E-state index is -0.794. The summed E-state index contributed by atoms with van der Waals surface area (Å²) in [7, 11) is 0. The molecule has 6 nitrogen and oxygen atoms in total. The maximum atomic E-state index is 12.8. The second-order valence-corrected chi connectivity index (χ2v) is 7.49. The van der Waals surface area contributed by atoms with Crippen molar-refractivity contribution in [2.45, 2.75) is 0 Å². The number of nitrogens with one attached hydrogen (secondary N) is 1. The van der Waals surface area contributed by atoms with Crippen molar-refractivity contribution in [3.63, 3.8) is 0 Å². The zero-order chi connectivity index (χ0) is 20.4. The molecule has 4 rings (SSSR count). The molecule has 0 unspecified atom stereocenters. The number of thiophene rings is 1. The zero-order valence-electron chi connectivity index (χ0n) is 14.9. The van der Waals surface area contributed by atoms with Crippen molar-refractivity contribution in [1.82, 2.24) is 5.43 Å². The summed E-state index contributed by atoms with van der Waals surface area (Å²) in [6, 6.07) is 17.7. The number of halogens is 1. The van der Waals surface area contributed by atoms with Crippen LogP contribution in [0, 0.1) is 0 Å². The second-order valence-electron chi connectivity index (χ2n) is 6.06. The van der Waals surface area contributed by atoms with Crippen LogP contribution < -0.4 is 15.9 Å². The Morgan fingerprint density at radius 1 is 1.03 bits per heavy atom. The average Bonchev–Trinajstić information content (AvgIpc) is 3.06. The van der Waals surface area contributed by atoms with Crippen molar-refractivity contribution in [2.75, 3.05) is 0 Å². The first kappa shape index (κ1) is 18.9. The van der Waals surface area contributed by atoms with Crippen molar-refractivity contribution in [1.29, 1.82) is 0 Å². The molecule has 29 heavy (non-hydrogen) atoms. The number of hydrogen-bond donors (Lipinski definition) is 2. The molecule has 3 N–H and O–H groups in total. The van der Waals surface area contributed by atoms with E-state index in [4.69, 9.17) is 22.1 Å². The number of esters is 1. The van der Waals surface area contributed by atoms with E-state index in [1.807, 2.05) is 54.6 Å². The van der Waals surface area contributed by atoms with Gasteiger partial charge in [-0.2, -0.15) is 5.10 Å². The average molecular weight is 424 g/mol. The quantitative estimate of drug-likeness (QED) is 0.211. The lowest BCUT2D eigenvalue weighted by atomic mass is 10.0. The van der Waals surface area contributed by atoms with Crippen LogP contribution in [0.25, 0.3) is 20.9 Å². The number of rotatable bonds is 4. The molecule has 0 saturated heterocycles. The highest BCUT2D eigenvalue weighted by Gasteiger charge is 2.20. The molecule has 0 spiro atoms. The number of urea groups is 1. The summed E-state index contributed by atoms with van der Waals surface area (Å²) in [6.07, 6.45) is 1.39. The Kier molecular flexibility index (Phi) is 5.16. The molecular weight excluding hydrogens is 410 g/mol. The molecule has 4 aromatic rings. The fraction of sp³-hybridized carbons (Fsp3) is 0. The predicted molar refractivity (Wildman–Crippen MR) is 116 cm³/mol. The van der Waals surface area contributed by atoms with Gasteiger partial charge in [-0.3, -0.25) is 0 Å². The molecule has 2 amide bonds. The highest BCUT2D eigenvalue weighted by molar-refractivity contribution is 7.21. The summed E-state index contributed by atoms with van der Waals surface area (Å²) >= 11 is 7.66. The maximum Gasteiger partial charge on any atom is 0.355 e. The van der Waals surface area contributed by atoms with Crippen LogP contribution in [-0.4, -0.2) is 18.2 Å². The smallest absolute Gasteiger partial charge is 0.355 e. The number of hydrogen-bond acceptors (Lipinski definition) is 5. The normalized spacial score (nSPS) is 11.2. The molecule has 0 fully saturated rings. The van der Waals surface area contributed by atoms with E-state index in [-0.39, 0.29) is 5.75 Å². The van der Waals surface area contributed by atoms with E-state index in [0.29, 0.717) is 15.5 Å². The van der Waals surface area contributed by atoms with Gasteiger partial charge in [0.05, 0.1) is 11.2 Å². The second kappa shape index (κ2) is 7.90. The maximum absolute atomic E-state index is 12.8. The van der Waals surface area contributed by atoms with Gasteiger partial charge in [0, 0.05) is 15.6 Å². The van der Waals surface area contributed by atoms with Crippen LogP contribution in [0.15, 0.2) is 65.8 Å². The Morgan fingerprint density at radius 3 is 2.52 bits per heavy atom. The Balaban J connectivity index is 1.74. The first-order chi connectivity index (χ1) is 14.0. The highest BCUT2D eigenvalue weighted by atomic mass is 35.5. The van der Waals surface area contributed by atoms with Crippen molar-refractivity contribution in [3.8, 4) is 5.75 Å². The third-order valence-corrected chi connectivity index (χ3v) is 5.88. The Bertz CT molecular complexity index is 1280. The van der Waals surface area contributed by atoms with E-state index in [1.165, 1.54) is 17.6 Å². The lowest BCUT2D eigenvalue weighted by Gasteiger charge is -2.10. The largest absolute Gasteiger partial charge is 0.422 e. The number of fused-ring (bicyclic) bond motifs is 2. The number of amides is 2. The van der Waals surface area contributed by atoms with Crippen molar-refractivity contribution in [2.24, 2.45) is 10.8 Å². The lowest BCUT2D eigenvalue weighted by Crippen LogP contribution is -2.24. The van der Waals surface area contributed by atoms with Gasteiger partial charge in [-0.25, -0.2) is 15.0 Å². The van der Waals surface area contributed by atoms with Crippen LogP contribution in [0.3, 0.4) is 0 Å². The van der Waals surface area contributed by atoms with Gasteiger partial charge in [-0.15, -0.1) is 11.3 Å². The monoisotopic (exact) mass is 423 g/mol. The Morgan fingerprint density at radius 2 is 1.76 bits per heavy atom. The highest BCUT2D eigenvalue weighted by Crippen LogP contribution is 2.36. The van der Waals surface area contributed by atoms with E-state index in [2.05, 4.69) is 10.5 Å². The summed E-state index contributed by atoms with van der Waals surface area (Å²) in [5.74, 6) is -0.277. The van der Waals surface area contributed by atoms with Crippen LogP contribution >= 0.6 is 22.9 Å². The molecule has 0 atom stereocenters. The van der Waals surface area contributed by atoms with Crippen LogP contribution in [0.5, 0.6) is 5.75 Å². The molecule has 8 heteroatoms. The van der Waals surface area contributed by atoms with Crippen molar-refractivity contribution >= 4 is 62.0 Å². The van der Waals surface area contributed by atoms with E-state index in [1.54, 1.807) is 6.07 Å². The molecule has 0 bridgehead atoms. The summed E-state index contributed by atoms with van der Waals surface area (Å²) < 4.78 is 6.56. The number of hydrazone groups is 1. The lowest BCUT2D eigenvalue weighted by molar-refractivity contribution is 0.0740. The number of primary amides is 1. The van der Waals surface area contributed by atoms with E-state index in [9.17, 15) is 9.59 Å². The summed E-state index contributed by atoms with van der Waals surface area (Å²) in [6.45, 7) is 0. The number of carbonyl (C=O) groups is 2.